The van der Waals surface area contributed by atoms with Crippen LogP contribution in [-0.4, -0.2) is 34.3 Å². The summed E-state index contributed by atoms with van der Waals surface area (Å²) in [6.07, 6.45) is 0. The standard InChI is InChI=1S/C19H22N2O3S/c1-5-24-18(23)16-12(4)20-19-21(15(22)10-25-19)17(16)14-8-6-13(7-9-14)11(2)3/h6-9,11,17H,5,10H2,1-4H3/t17-/m0/s1. The largest absolute Gasteiger partial charge is 0.463 e. The molecule has 0 aromatic heterocycles. The number of amidine groups is 1. The number of nitrogens with zero attached hydrogens (tertiary/aromatic N) is 2. The quantitative estimate of drug-likeness (QED) is 0.771. The Bertz CT molecular complexity index is 765. The van der Waals surface area contributed by atoms with Gasteiger partial charge in [-0.3, -0.25) is 9.69 Å². The molecule has 2 aliphatic heterocycles. The Kier molecular flexibility index (Phi) is 4.99. The first-order chi connectivity index (χ1) is 11.9. The number of ether oxygens (including phenoxy) is 1. The van der Waals surface area contributed by atoms with Gasteiger partial charge in [0.15, 0.2) is 5.17 Å². The van der Waals surface area contributed by atoms with Gasteiger partial charge < -0.3 is 4.74 Å². The average Bonchev–Trinajstić information content (AvgIpc) is 2.94. The van der Waals surface area contributed by atoms with Crippen molar-refractivity contribution in [3.05, 3.63) is 46.7 Å². The Morgan fingerprint density at radius 2 is 2.04 bits per heavy atom. The Labute approximate surface area is 152 Å². The van der Waals surface area contributed by atoms with E-state index in [9.17, 15) is 9.59 Å². The molecule has 0 radical (unpaired) electrons. The fourth-order valence-electron chi connectivity index (χ4n) is 3.09. The number of allylic oxidation sites excluding steroid dienone is 1. The minimum atomic E-state index is -0.477. The molecular formula is C19H22N2O3S. The van der Waals surface area contributed by atoms with Gasteiger partial charge in [-0.2, -0.15) is 0 Å². The van der Waals surface area contributed by atoms with E-state index in [0.29, 0.717) is 28.1 Å². The maximum atomic E-state index is 12.6. The van der Waals surface area contributed by atoms with E-state index in [1.54, 1.807) is 18.7 Å². The van der Waals surface area contributed by atoms with Crippen LogP contribution in [0.15, 0.2) is 40.5 Å². The van der Waals surface area contributed by atoms with Crippen molar-refractivity contribution in [2.75, 3.05) is 12.4 Å². The maximum absolute atomic E-state index is 12.6. The van der Waals surface area contributed by atoms with Crippen molar-refractivity contribution in [2.45, 2.75) is 39.7 Å². The van der Waals surface area contributed by atoms with Gasteiger partial charge in [-0.05, 0) is 30.9 Å². The zero-order valence-electron chi connectivity index (χ0n) is 14.9. The number of thioether (sulfide) groups is 1. The predicted octanol–water partition coefficient (Wildman–Crippen LogP) is 3.63. The van der Waals surface area contributed by atoms with Gasteiger partial charge in [0.05, 0.1) is 29.7 Å². The van der Waals surface area contributed by atoms with Crippen LogP contribution in [-0.2, 0) is 14.3 Å². The highest BCUT2D eigenvalue weighted by Crippen LogP contribution is 2.41. The highest BCUT2D eigenvalue weighted by molar-refractivity contribution is 8.15. The lowest BCUT2D eigenvalue weighted by Crippen LogP contribution is -2.39. The molecule has 0 unspecified atom stereocenters. The van der Waals surface area contributed by atoms with Crippen LogP contribution < -0.4 is 0 Å². The molecule has 3 rings (SSSR count). The molecule has 1 aromatic rings. The highest BCUT2D eigenvalue weighted by atomic mass is 32.2. The lowest BCUT2D eigenvalue weighted by molar-refractivity contribution is -0.139. The number of benzene rings is 1. The SMILES string of the molecule is CCOC(=O)C1=C(C)N=C2SCC(=O)N2[C@H]1c1ccc(C(C)C)cc1. The fraction of sp³-hybridized carbons (Fsp3) is 0.421. The molecule has 2 heterocycles. The second-order valence-electron chi connectivity index (χ2n) is 6.39. The molecule has 1 aromatic carbocycles. The second-order valence-corrected chi connectivity index (χ2v) is 7.33. The maximum Gasteiger partial charge on any atom is 0.338 e. The second kappa shape index (κ2) is 7.04. The number of amides is 1. The van der Waals surface area contributed by atoms with Crippen molar-refractivity contribution in [1.82, 2.24) is 4.90 Å². The van der Waals surface area contributed by atoms with Gasteiger partial charge in [-0.25, -0.2) is 9.79 Å². The molecule has 1 saturated heterocycles. The van der Waals surface area contributed by atoms with E-state index in [-0.39, 0.29) is 12.5 Å². The van der Waals surface area contributed by atoms with Gasteiger partial charge in [0.25, 0.3) is 0 Å². The third-order valence-electron chi connectivity index (χ3n) is 4.40. The van der Waals surface area contributed by atoms with Crippen molar-refractivity contribution in [3.8, 4) is 0 Å². The van der Waals surface area contributed by atoms with Gasteiger partial charge in [-0.1, -0.05) is 49.9 Å². The molecule has 1 amide bonds. The zero-order chi connectivity index (χ0) is 18.1. The van der Waals surface area contributed by atoms with Crippen LogP contribution in [0.5, 0.6) is 0 Å². The summed E-state index contributed by atoms with van der Waals surface area (Å²) < 4.78 is 5.24. The number of carbonyl (C=O) groups is 2. The van der Waals surface area contributed by atoms with Crippen molar-refractivity contribution in [2.24, 2.45) is 4.99 Å². The van der Waals surface area contributed by atoms with E-state index < -0.39 is 12.0 Å². The third-order valence-corrected chi connectivity index (χ3v) is 5.34. The smallest absolute Gasteiger partial charge is 0.338 e. The summed E-state index contributed by atoms with van der Waals surface area (Å²) in [6, 6.07) is 7.61. The van der Waals surface area contributed by atoms with Crippen molar-refractivity contribution in [3.63, 3.8) is 0 Å². The lowest BCUT2D eigenvalue weighted by atomic mass is 9.92. The van der Waals surface area contributed by atoms with Crippen molar-refractivity contribution in [1.29, 1.82) is 0 Å². The Balaban J connectivity index is 2.09. The van der Waals surface area contributed by atoms with Gasteiger partial charge in [-0.15, -0.1) is 0 Å². The number of hydrogen-bond acceptors (Lipinski definition) is 5. The van der Waals surface area contributed by atoms with E-state index in [4.69, 9.17) is 4.74 Å². The van der Waals surface area contributed by atoms with E-state index in [1.165, 1.54) is 17.3 Å². The fourth-order valence-corrected chi connectivity index (χ4v) is 4.03. The van der Waals surface area contributed by atoms with Crippen LogP contribution in [0.25, 0.3) is 0 Å². The van der Waals surface area contributed by atoms with Crippen LogP contribution >= 0.6 is 11.8 Å². The normalized spacial score (nSPS) is 20.0. The molecule has 2 aliphatic rings. The molecule has 0 saturated carbocycles. The number of esters is 1. The first-order valence-corrected chi connectivity index (χ1v) is 9.43. The molecule has 1 fully saturated rings. The average molecular weight is 358 g/mol. The summed E-state index contributed by atoms with van der Waals surface area (Å²) in [5, 5.41) is 0.661. The summed E-state index contributed by atoms with van der Waals surface area (Å²) in [7, 11) is 0. The molecule has 1 atom stereocenters. The third kappa shape index (κ3) is 3.23. The minimum Gasteiger partial charge on any atom is -0.463 e. The Hall–Kier alpha value is -2.08. The number of carbonyl (C=O) groups excluding carboxylic acids is 2. The van der Waals surface area contributed by atoms with Crippen LogP contribution in [0.2, 0.25) is 0 Å². The summed E-state index contributed by atoms with van der Waals surface area (Å²) in [6.45, 7) is 8.13. The first-order valence-electron chi connectivity index (χ1n) is 8.45. The van der Waals surface area contributed by atoms with E-state index in [1.807, 2.05) is 12.1 Å². The van der Waals surface area contributed by atoms with Crippen LogP contribution in [0, 0.1) is 0 Å². The first kappa shape index (κ1) is 17.7. The van der Waals surface area contributed by atoms with Crippen LogP contribution in [0.4, 0.5) is 0 Å². The molecule has 0 spiro atoms. The van der Waals surface area contributed by atoms with Gasteiger partial charge in [0.1, 0.15) is 0 Å². The van der Waals surface area contributed by atoms with Crippen LogP contribution in [0.1, 0.15) is 50.8 Å². The van der Waals surface area contributed by atoms with E-state index >= 15 is 0 Å². The summed E-state index contributed by atoms with van der Waals surface area (Å²) in [4.78, 5) is 31.1. The van der Waals surface area contributed by atoms with Gasteiger partial charge in [0, 0.05) is 0 Å². The lowest BCUT2D eigenvalue weighted by Gasteiger charge is -2.33. The predicted molar refractivity (Wildman–Crippen MR) is 99.3 cm³/mol. The summed E-state index contributed by atoms with van der Waals surface area (Å²) in [5.74, 6) is 0.327. The topological polar surface area (TPSA) is 59.0 Å². The highest BCUT2D eigenvalue weighted by Gasteiger charge is 2.43. The molecular weight excluding hydrogens is 336 g/mol. The molecule has 0 N–H and O–H groups in total. The monoisotopic (exact) mass is 358 g/mol. The molecule has 0 aliphatic carbocycles. The number of fused-ring (bicyclic) bond motifs is 1. The van der Waals surface area contributed by atoms with Gasteiger partial charge in [0.2, 0.25) is 5.91 Å². The minimum absolute atomic E-state index is 0.0315. The van der Waals surface area contributed by atoms with E-state index in [0.717, 1.165) is 5.56 Å². The summed E-state index contributed by atoms with van der Waals surface area (Å²) >= 11 is 1.41. The molecule has 0 bridgehead atoms. The summed E-state index contributed by atoms with van der Waals surface area (Å²) in [5.41, 5.74) is 3.17. The molecule has 6 heteroatoms. The number of hydrogen-bond donors (Lipinski definition) is 0. The Morgan fingerprint density at radius 3 is 2.64 bits per heavy atom. The van der Waals surface area contributed by atoms with Crippen LogP contribution in [0.3, 0.4) is 0 Å². The number of rotatable bonds is 4. The molecule has 25 heavy (non-hydrogen) atoms. The van der Waals surface area contributed by atoms with Crippen molar-refractivity contribution >= 4 is 28.8 Å². The number of aliphatic imine (C=N–C) groups is 1. The zero-order valence-corrected chi connectivity index (χ0v) is 15.7. The molecule has 132 valence electrons. The van der Waals surface area contributed by atoms with Gasteiger partial charge >= 0.3 is 5.97 Å². The molecule has 5 nitrogen and oxygen atoms in total. The van der Waals surface area contributed by atoms with Crippen molar-refractivity contribution < 1.29 is 14.3 Å². The Morgan fingerprint density at radius 1 is 1.36 bits per heavy atom. The van der Waals surface area contributed by atoms with E-state index in [2.05, 4.69) is 31.0 Å².